The lowest BCUT2D eigenvalue weighted by Gasteiger charge is -2.04. The Morgan fingerprint density at radius 2 is 1.85 bits per heavy atom. The highest BCUT2D eigenvalue weighted by molar-refractivity contribution is 9.10. The van der Waals surface area contributed by atoms with E-state index in [1.165, 1.54) is 18.2 Å². The van der Waals surface area contributed by atoms with Gasteiger partial charge in [-0.2, -0.15) is 0 Å². The van der Waals surface area contributed by atoms with Crippen molar-refractivity contribution in [3.63, 3.8) is 0 Å². The average molecular weight is 334 g/mol. The highest BCUT2D eigenvalue weighted by atomic mass is 79.9. The fourth-order valence-corrected chi connectivity index (χ4v) is 2.05. The molecular formula is C16H13BrFNO. The van der Waals surface area contributed by atoms with Crippen molar-refractivity contribution in [2.24, 2.45) is 0 Å². The Balaban J connectivity index is 1.90. The van der Waals surface area contributed by atoms with Crippen LogP contribution in [0.1, 0.15) is 11.1 Å². The van der Waals surface area contributed by atoms with Gasteiger partial charge in [0.25, 0.3) is 0 Å². The van der Waals surface area contributed by atoms with Crippen molar-refractivity contribution in [1.82, 2.24) is 5.32 Å². The molecule has 0 spiro atoms. The second-order valence-electron chi connectivity index (χ2n) is 4.19. The van der Waals surface area contributed by atoms with E-state index in [9.17, 15) is 9.18 Å². The maximum atomic E-state index is 12.7. The van der Waals surface area contributed by atoms with Crippen LogP contribution in [0.25, 0.3) is 6.08 Å². The van der Waals surface area contributed by atoms with E-state index in [1.807, 2.05) is 24.3 Å². The van der Waals surface area contributed by atoms with Gasteiger partial charge in [-0.1, -0.05) is 46.3 Å². The normalized spacial score (nSPS) is 10.7. The number of halogens is 2. The van der Waals surface area contributed by atoms with Crippen LogP contribution in [0.15, 0.2) is 59.1 Å². The van der Waals surface area contributed by atoms with E-state index in [-0.39, 0.29) is 11.7 Å². The monoisotopic (exact) mass is 333 g/mol. The molecule has 0 atom stereocenters. The molecule has 0 fully saturated rings. The van der Waals surface area contributed by atoms with Crippen molar-refractivity contribution in [2.45, 2.75) is 6.54 Å². The lowest BCUT2D eigenvalue weighted by atomic mass is 10.2. The third-order valence-corrected chi connectivity index (χ3v) is 3.48. The fraction of sp³-hybridized carbons (Fsp3) is 0.0625. The number of hydrogen-bond acceptors (Lipinski definition) is 1. The van der Waals surface area contributed by atoms with Gasteiger partial charge in [0.1, 0.15) is 5.82 Å². The van der Waals surface area contributed by atoms with Gasteiger partial charge in [-0.05, 0) is 35.4 Å². The Morgan fingerprint density at radius 1 is 1.15 bits per heavy atom. The Labute approximate surface area is 125 Å². The average Bonchev–Trinajstić information content (AvgIpc) is 2.46. The quantitative estimate of drug-likeness (QED) is 0.844. The van der Waals surface area contributed by atoms with Crippen molar-refractivity contribution < 1.29 is 9.18 Å². The van der Waals surface area contributed by atoms with Crippen LogP contribution in [0.4, 0.5) is 4.39 Å². The molecule has 2 rings (SSSR count). The predicted octanol–water partition coefficient (Wildman–Crippen LogP) is 3.92. The minimum absolute atomic E-state index is 0.190. The van der Waals surface area contributed by atoms with E-state index >= 15 is 0 Å². The molecule has 0 saturated carbocycles. The zero-order chi connectivity index (χ0) is 14.4. The summed E-state index contributed by atoms with van der Waals surface area (Å²) in [7, 11) is 0. The number of hydrogen-bond donors (Lipinski definition) is 1. The first kappa shape index (κ1) is 14.5. The number of carbonyl (C=O) groups excluding carboxylic acids is 1. The summed E-state index contributed by atoms with van der Waals surface area (Å²) in [6, 6.07) is 13.7. The van der Waals surface area contributed by atoms with Gasteiger partial charge in [0.05, 0.1) is 0 Å². The van der Waals surface area contributed by atoms with Crippen LogP contribution in [-0.4, -0.2) is 5.91 Å². The predicted molar refractivity (Wildman–Crippen MR) is 81.4 cm³/mol. The van der Waals surface area contributed by atoms with E-state index < -0.39 is 0 Å². The molecule has 2 aromatic carbocycles. The van der Waals surface area contributed by atoms with Gasteiger partial charge in [0.15, 0.2) is 0 Å². The highest BCUT2D eigenvalue weighted by Crippen LogP contribution is 2.15. The number of nitrogens with one attached hydrogen (secondary N) is 1. The summed E-state index contributed by atoms with van der Waals surface area (Å²) in [5, 5.41) is 2.79. The number of rotatable bonds is 4. The standard InChI is InChI=1S/C16H13BrFNO/c17-15-4-2-1-3-13(15)11-19-16(20)10-7-12-5-8-14(18)9-6-12/h1-10H,11H2,(H,19,20)/b10-7+. The lowest BCUT2D eigenvalue weighted by molar-refractivity contribution is -0.116. The smallest absolute Gasteiger partial charge is 0.244 e. The van der Waals surface area contributed by atoms with E-state index in [0.29, 0.717) is 6.54 Å². The molecule has 0 aliphatic carbocycles. The molecule has 0 aliphatic rings. The van der Waals surface area contributed by atoms with Gasteiger partial charge >= 0.3 is 0 Å². The first-order valence-corrected chi connectivity index (χ1v) is 6.89. The largest absolute Gasteiger partial charge is 0.348 e. The van der Waals surface area contributed by atoms with Crippen LogP contribution in [0.3, 0.4) is 0 Å². The molecule has 1 N–H and O–H groups in total. The van der Waals surface area contributed by atoms with Crippen molar-refractivity contribution in [2.75, 3.05) is 0 Å². The summed E-state index contributed by atoms with van der Waals surface area (Å²) in [5.74, 6) is -0.481. The molecule has 20 heavy (non-hydrogen) atoms. The minimum atomic E-state index is -0.291. The maximum absolute atomic E-state index is 12.7. The number of amides is 1. The second-order valence-corrected chi connectivity index (χ2v) is 5.05. The number of benzene rings is 2. The van der Waals surface area contributed by atoms with E-state index in [4.69, 9.17) is 0 Å². The molecule has 0 radical (unpaired) electrons. The summed E-state index contributed by atoms with van der Waals surface area (Å²) < 4.78 is 13.7. The first-order chi connectivity index (χ1) is 9.65. The van der Waals surface area contributed by atoms with Crippen molar-refractivity contribution >= 4 is 27.9 Å². The molecule has 0 saturated heterocycles. The molecule has 0 aromatic heterocycles. The van der Waals surface area contributed by atoms with Crippen molar-refractivity contribution in [1.29, 1.82) is 0 Å². The second kappa shape index (κ2) is 7.01. The van der Waals surface area contributed by atoms with Crippen molar-refractivity contribution in [3.05, 3.63) is 76.0 Å². The molecule has 0 unspecified atom stereocenters. The van der Waals surface area contributed by atoms with Crippen LogP contribution >= 0.6 is 15.9 Å². The van der Waals surface area contributed by atoms with Crippen LogP contribution in [-0.2, 0) is 11.3 Å². The van der Waals surface area contributed by atoms with Crippen LogP contribution in [0.2, 0.25) is 0 Å². The summed E-state index contributed by atoms with van der Waals surface area (Å²) in [6.45, 7) is 0.452. The lowest BCUT2D eigenvalue weighted by Crippen LogP contribution is -2.20. The van der Waals surface area contributed by atoms with Gasteiger partial charge in [0, 0.05) is 17.1 Å². The fourth-order valence-electron chi connectivity index (χ4n) is 1.63. The zero-order valence-electron chi connectivity index (χ0n) is 10.6. The summed E-state index contributed by atoms with van der Waals surface area (Å²) in [4.78, 5) is 11.7. The first-order valence-electron chi connectivity index (χ1n) is 6.10. The van der Waals surface area contributed by atoms with Gasteiger partial charge in [-0.15, -0.1) is 0 Å². The SMILES string of the molecule is O=C(/C=C/c1ccc(F)cc1)NCc1ccccc1Br. The Kier molecular flexibility index (Phi) is 5.07. The van der Waals surface area contributed by atoms with Gasteiger partial charge in [-0.25, -0.2) is 4.39 Å². The molecule has 2 aromatic rings. The zero-order valence-corrected chi connectivity index (χ0v) is 12.2. The minimum Gasteiger partial charge on any atom is -0.348 e. The molecule has 0 bridgehead atoms. The maximum Gasteiger partial charge on any atom is 0.244 e. The number of carbonyl (C=O) groups is 1. The molecule has 0 heterocycles. The topological polar surface area (TPSA) is 29.1 Å². The van der Waals surface area contributed by atoms with Gasteiger partial charge < -0.3 is 5.32 Å². The third kappa shape index (κ3) is 4.31. The van der Waals surface area contributed by atoms with E-state index in [1.54, 1.807) is 18.2 Å². The molecule has 102 valence electrons. The third-order valence-electron chi connectivity index (χ3n) is 2.71. The van der Waals surface area contributed by atoms with E-state index in [2.05, 4.69) is 21.2 Å². The van der Waals surface area contributed by atoms with E-state index in [0.717, 1.165) is 15.6 Å². The Morgan fingerprint density at radius 3 is 2.55 bits per heavy atom. The van der Waals surface area contributed by atoms with Crippen LogP contribution in [0, 0.1) is 5.82 Å². The summed E-state index contributed by atoms with van der Waals surface area (Å²) >= 11 is 3.42. The molecular weight excluding hydrogens is 321 g/mol. The van der Waals surface area contributed by atoms with Gasteiger partial charge in [0.2, 0.25) is 5.91 Å². The summed E-state index contributed by atoms with van der Waals surface area (Å²) in [5.41, 5.74) is 1.79. The molecule has 2 nitrogen and oxygen atoms in total. The van der Waals surface area contributed by atoms with Gasteiger partial charge in [-0.3, -0.25) is 4.79 Å². The molecule has 0 aliphatic heterocycles. The van der Waals surface area contributed by atoms with Crippen LogP contribution in [0.5, 0.6) is 0 Å². The Bertz CT molecular complexity index is 623. The van der Waals surface area contributed by atoms with Crippen molar-refractivity contribution in [3.8, 4) is 0 Å². The molecule has 4 heteroatoms. The molecule has 1 amide bonds. The highest BCUT2D eigenvalue weighted by Gasteiger charge is 2.00. The summed E-state index contributed by atoms with van der Waals surface area (Å²) in [6.07, 6.45) is 3.08. The Hall–Kier alpha value is -1.94. The van der Waals surface area contributed by atoms with Crippen LogP contribution < -0.4 is 5.32 Å².